The highest BCUT2D eigenvalue weighted by Crippen LogP contribution is 2.35. The zero-order valence-corrected chi connectivity index (χ0v) is 14.0. The maximum Gasteiger partial charge on any atom is 0.225 e. The number of likely N-dealkylation sites (tertiary alicyclic amines) is 1. The first-order chi connectivity index (χ1) is 11.6. The number of rotatable bonds is 4. The lowest BCUT2D eigenvalue weighted by Gasteiger charge is -2.38. The van der Waals surface area contributed by atoms with Crippen molar-refractivity contribution in [3.63, 3.8) is 0 Å². The molecule has 1 aromatic heterocycles. The van der Waals surface area contributed by atoms with Crippen molar-refractivity contribution in [2.75, 3.05) is 7.05 Å². The molecular weight excluding hydrogens is 304 g/mol. The predicted octanol–water partition coefficient (Wildman–Crippen LogP) is 2.81. The Morgan fingerprint density at radius 1 is 1.25 bits per heavy atom. The zero-order valence-electron chi connectivity index (χ0n) is 14.0. The number of aryl methyl sites for hydroxylation is 1. The van der Waals surface area contributed by atoms with E-state index in [1.54, 1.807) is 11.9 Å². The minimum atomic E-state index is -0.258. The van der Waals surface area contributed by atoms with E-state index in [9.17, 15) is 9.59 Å². The molecule has 2 amide bonds. The molecule has 126 valence electrons. The summed E-state index contributed by atoms with van der Waals surface area (Å²) in [7, 11) is 1.77. The highest BCUT2D eigenvalue weighted by molar-refractivity contribution is 5.84. The van der Waals surface area contributed by atoms with Crippen LogP contribution in [-0.2, 0) is 16.1 Å². The first-order valence-electron chi connectivity index (χ1n) is 8.20. The number of carbonyl (C=O) groups excluding carboxylic acids is 2. The molecule has 0 saturated carbocycles. The van der Waals surface area contributed by atoms with Gasteiger partial charge >= 0.3 is 0 Å². The summed E-state index contributed by atoms with van der Waals surface area (Å²) in [5, 5.41) is 2.95. The molecule has 0 radical (unpaired) electrons. The Kier molecular flexibility index (Phi) is 4.69. The number of nitrogens with zero attached hydrogens (tertiary/aromatic N) is 1. The summed E-state index contributed by atoms with van der Waals surface area (Å²) >= 11 is 0. The topological polar surface area (TPSA) is 62.6 Å². The quantitative estimate of drug-likeness (QED) is 0.940. The number of nitrogens with one attached hydrogen (secondary N) is 1. The fourth-order valence-corrected chi connectivity index (χ4v) is 3.30. The van der Waals surface area contributed by atoms with E-state index in [1.165, 1.54) is 0 Å². The molecule has 0 unspecified atom stereocenters. The second-order valence-electron chi connectivity index (χ2n) is 6.24. The van der Waals surface area contributed by atoms with Gasteiger partial charge in [0.2, 0.25) is 11.8 Å². The molecule has 2 heterocycles. The van der Waals surface area contributed by atoms with Crippen LogP contribution in [0.3, 0.4) is 0 Å². The fourth-order valence-electron chi connectivity index (χ4n) is 3.30. The third kappa shape index (κ3) is 3.35. The average molecular weight is 326 g/mol. The summed E-state index contributed by atoms with van der Waals surface area (Å²) in [6, 6.07) is 13.2. The van der Waals surface area contributed by atoms with Crippen LogP contribution in [0.4, 0.5) is 0 Å². The minimum absolute atomic E-state index is 0.0442. The van der Waals surface area contributed by atoms with Gasteiger partial charge in [-0.25, -0.2) is 0 Å². The molecule has 1 aliphatic heterocycles. The lowest BCUT2D eigenvalue weighted by atomic mass is 9.84. The van der Waals surface area contributed by atoms with Gasteiger partial charge in [-0.15, -0.1) is 0 Å². The van der Waals surface area contributed by atoms with Crippen LogP contribution in [0.5, 0.6) is 0 Å². The maximum atomic E-state index is 12.7. The maximum absolute atomic E-state index is 12.7. The molecule has 0 spiro atoms. The van der Waals surface area contributed by atoms with Crippen LogP contribution >= 0.6 is 0 Å². The Bertz CT molecular complexity index is 723. The van der Waals surface area contributed by atoms with Crippen LogP contribution in [0.2, 0.25) is 0 Å². The van der Waals surface area contributed by atoms with E-state index >= 15 is 0 Å². The predicted molar refractivity (Wildman–Crippen MR) is 90.0 cm³/mol. The SMILES string of the molecule is Cc1ccc(CNC(=O)[C@H]2CCC(=O)N(C)[C@@H]2c2ccccc2)o1. The third-order valence-electron chi connectivity index (χ3n) is 4.57. The summed E-state index contributed by atoms with van der Waals surface area (Å²) in [4.78, 5) is 26.5. The number of benzene rings is 1. The highest BCUT2D eigenvalue weighted by atomic mass is 16.3. The van der Waals surface area contributed by atoms with Crippen LogP contribution in [0.15, 0.2) is 46.9 Å². The molecule has 5 nitrogen and oxygen atoms in total. The van der Waals surface area contributed by atoms with Crippen molar-refractivity contribution in [1.82, 2.24) is 10.2 Å². The number of carbonyl (C=O) groups is 2. The van der Waals surface area contributed by atoms with Crippen molar-refractivity contribution in [1.29, 1.82) is 0 Å². The van der Waals surface area contributed by atoms with Crippen LogP contribution < -0.4 is 5.32 Å². The van der Waals surface area contributed by atoms with E-state index in [-0.39, 0.29) is 23.8 Å². The smallest absolute Gasteiger partial charge is 0.225 e. The van der Waals surface area contributed by atoms with Crippen molar-refractivity contribution in [2.24, 2.45) is 5.92 Å². The van der Waals surface area contributed by atoms with Gasteiger partial charge in [0.05, 0.1) is 18.5 Å². The molecule has 1 saturated heterocycles. The summed E-state index contributed by atoms with van der Waals surface area (Å²) in [6.07, 6.45) is 0.962. The molecule has 5 heteroatoms. The third-order valence-corrected chi connectivity index (χ3v) is 4.57. The summed E-state index contributed by atoms with van der Waals surface area (Å²) < 4.78 is 5.49. The van der Waals surface area contributed by atoms with E-state index < -0.39 is 0 Å². The lowest BCUT2D eigenvalue weighted by molar-refractivity contribution is -0.141. The van der Waals surface area contributed by atoms with Gasteiger partial charge in [-0.05, 0) is 31.0 Å². The van der Waals surface area contributed by atoms with Crippen molar-refractivity contribution in [3.8, 4) is 0 Å². The Morgan fingerprint density at radius 2 is 2.00 bits per heavy atom. The van der Waals surface area contributed by atoms with E-state index in [0.29, 0.717) is 19.4 Å². The molecule has 2 aromatic rings. The average Bonchev–Trinajstić information content (AvgIpc) is 3.01. The van der Waals surface area contributed by atoms with Gasteiger partial charge in [-0.2, -0.15) is 0 Å². The van der Waals surface area contributed by atoms with Gasteiger partial charge in [0.15, 0.2) is 0 Å². The Hall–Kier alpha value is -2.56. The molecule has 0 bridgehead atoms. The van der Waals surface area contributed by atoms with Gasteiger partial charge in [-0.1, -0.05) is 30.3 Å². The van der Waals surface area contributed by atoms with Gasteiger partial charge in [0.1, 0.15) is 11.5 Å². The Balaban J connectivity index is 1.76. The number of furan rings is 1. The van der Waals surface area contributed by atoms with Gasteiger partial charge in [-0.3, -0.25) is 9.59 Å². The van der Waals surface area contributed by atoms with Crippen LogP contribution in [0, 0.1) is 12.8 Å². The highest BCUT2D eigenvalue weighted by Gasteiger charge is 2.38. The fraction of sp³-hybridized carbons (Fsp3) is 0.368. The van der Waals surface area contributed by atoms with Gasteiger partial charge in [0.25, 0.3) is 0 Å². The van der Waals surface area contributed by atoms with Crippen LogP contribution in [0.1, 0.15) is 36.0 Å². The minimum Gasteiger partial charge on any atom is -0.465 e. The van der Waals surface area contributed by atoms with Crippen molar-refractivity contribution >= 4 is 11.8 Å². The standard InChI is InChI=1S/C19H22N2O3/c1-13-8-9-15(24-13)12-20-19(23)16-10-11-17(22)21(2)18(16)14-6-4-3-5-7-14/h3-9,16,18H,10-12H2,1-2H3,(H,20,23)/t16-,18+/m0/s1. The van der Waals surface area contributed by atoms with E-state index in [0.717, 1.165) is 17.1 Å². The zero-order chi connectivity index (χ0) is 17.1. The summed E-state index contributed by atoms with van der Waals surface area (Å²) in [5.41, 5.74) is 0.988. The molecule has 3 rings (SSSR count). The second-order valence-corrected chi connectivity index (χ2v) is 6.24. The number of amides is 2. The number of hydrogen-bond acceptors (Lipinski definition) is 3. The molecule has 0 aliphatic carbocycles. The van der Waals surface area contributed by atoms with Crippen molar-refractivity contribution < 1.29 is 14.0 Å². The molecule has 1 aliphatic rings. The van der Waals surface area contributed by atoms with Gasteiger partial charge in [0, 0.05) is 13.5 Å². The summed E-state index contributed by atoms with van der Waals surface area (Å²) in [6.45, 7) is 2.24. The van der Waals surface area contributed by atoms with Crippen molar-refractivity contribution in [3.05, 3.63) is 59.5 Å². The van der Waals surface area contributed by atoms with E-state index in [4.69, 9.17) is 4.42 Å². The largest absolute Gasteiger partial charge is 0.465 e. The molecule has 1 fully saturated rings. The molecule has 1 aromatic carbocycles. The van der Waals surface area contributed by atoms with Gasteiger partial charge < -0.3 is 14.6 Å². The first kappa shape index (κ1) is 16.3. The number of hydrogen-bond donors (Lipinski definition) is 1. The van der Waals surface area contributed by atoms with Crippen molar-refractivity contribution in [2.45, 2.75) is 32.4 Å². The molecule has 1 N–H and O–H groups in total. The normalized spacial score (nSPS) is 20.9. The van der Waals surface area contributed by atoms with E-state index in [2.05, 4.69) is 5.32 Å². The Morgan fingerprint density at radius 3 is 2.67 bits per heavy atom. The number of piperidine rings is 1. The van der Waals surface area contributed by atoms with Crippen LogP contribution in [-0.4, -0.2) is 23.8 Å². The molecule has 2 atom stereocenters. The lowest BCUT2D eigenvalue weighted by Crippen LogP contribution is -2.46. The summed E-state index contributed by atoms with van der Waals surface area (Å²) in [5.74, 6) is 1.33. The van der Waals surface area contributed by atoms with Crippen LogP contribution in [0.25, 0.3) is 0 Å². The molecular formula is C19H22N2O3. The second kappa shape index (κ2) is 6.91. The monoisotopic (exact) mass is 326 g/mol. The van der Waals surface area contributed by atoms with E-state index in [1.807, 2.05) is 49.4 Å². The first-order valence-corrected chi connectivity index (χ1v) is 8.20. The molecule has 24 heavy (non-hydrogen) atoms. The Labute approximate surface area is 141 Å².